The van der Waals surface area contributed by atoms with Crippen LogP contribution in [0.2, 0.25) is 0 Å². The Bertz CT molecular complexity index is 1010. The van der Waals surface area contributed by atoms with Crippen molar-refractivity contribution in [1.82, 2.24) is 5.32 Å². The zero-order valence-corrected chi connectivity index (χ0v) is 47.8. The number of unbranched alkanes of at least 4 members (excludes halogenated alkanes) is 50. The van der Waals surface area contributed by atoms with Gasteiger partial charge in [0.25, 0.3) is 0 Å². The molecule has 0 bridgehead atoms. The van der Waals surface area contributed by atoms with E-state index in [1.165, 1.54) is 302 Å². The summed E-state index contributed by atoms with van der Waals surface area (Å²) in [5, 5.41) is 23.3. The molecule has 0 saturated heterocycles. The third kappa shape index (κ3) is 56.2. The van der Waals surface area contributed by atoms with Crippen LogP contribution in [-0.2, 0) is 14.3 Å². The molecule has 0 rings (SSSR count). The van der Waals surface area contributed by atoms with Crippen molar-refractivity contribution in [3.63, 3.8) is 0 Å². The normalized spacial score (nSPS) is 12.5. The topological polar surface area (TPSA) is 95.9 Å². The van der Waals surface area contributed by atoms with Gasteiger partial charge in [0.2, 0.25) is 5.91 Å². The van der Waals surface area contributed by atoms with Gasteiger partial charge in [0.15, 0.2) is 0 Å². The van der Waals surface area contributed by atoms with Crippen LogP contribution in [-0.4, -0.2) is 47.4 Å². The Labute approximate surface area is 438 Å². The standard InChI is InChI=1S/C64H127NO5/c1-3-5-7-9-11-13-15-17-19-21-22-26-30-34-38-42-46-50-54-58-64(69)70-59-55-51-47-43-39-35-31-27-24-23-25-29-33-37-41-45-49-53-57-63(68)65-61(60-66)62(67)56-52-48-44-40-36-32-28-20-18-16-14-12-10-8-6-4-2/h61-62,66-67H,3-60H2,1-2H3,(H,65,68). The minimum absolute atomic E-state index is 0.0134. The lowest BCUT2D eigenvalue weighted by Crippen LogP contribution is -2.45. The second-order valence-electron chi connectivity index (χ2n) is 22.5. The van der Waals surface area contributed by atoms with Crippen molar-refractivity contribution in [3.8, 4) is 0 Å². The lowest BCUT2D eigenvalue weighted by molar-refractivity contribution is -0.143. The van der Waals surface area contributed by atoms with E-state index in [9.17, 15) is 19.8 Å². The van der Waals surface area contributed by atoms with Gasteiger partial charge in [-0.3, -0.25) is 9.59 Å². The highest BCUT2D eigenvalue weighted by Gasteiger charge is 2.20. The number of nitrogens with one attached hydrogen (secondary N) is 1. The zero-order chi connectivity index (χ0) is 50.7. The molecule has 0 fully saturated rings. The van der Waals surface area contributed by atoms with Crippen molar-refractivity contribution in [3.05, 3.63) is 0 Å². The molecule has 0 aliphatic carbocycles. The Morgan fingerprint density at radius 1 is 0.343 bits per heavy atom. The number of aliphatic hydroxyl groups excluding tert-OH is 2. The molecular weight excluding hydrogens is 863 g/mol. The summed E-state index contributed by atoms with van der Waals surface area (Å²) < 4.78 is 5.50. The summed E-state index contributed by atoms with van der Waals surface area (Å²) in [6.07, 6.45) is 71.1. The molecule has 418 valence electrons. The SMILES string of the molecule is CCCCCCCCCCCCCCCCCCCCCC(=O)OCCCCCCCCCCCCCCCCCCCCC(=O)NC(CO)C(O)CCCCCCCCCCCCCCCCCC. The van der Waals surface area contributed by atoms with Crippen molar-refractivity contribution in [2.24, 2.45) is 0 Å². The van der Waals surface area contributed by atoms with Gasteiger partial charge in [0, 0.05) is 12.8 Å². The van der Waals surface area contributed by atoms with E-state index < -0.39 is 12.1 Å². The molecule has 3 N–H and O–H groups in total. The summed E-state index contributed by atoms with van der Waals surface area (Å²) in [4.78, 5) is 24.6. The first-order valence-electron chi connectivity index (χ1n) is 32.3. The monoisotopic (exact) mass is 990 g/mol. The molecule has 2 atom stereocenters. The maximum absolute atomic E-state index is 12.5. The van der Waals surface area contributed by atoms with Gasteiger partial charge in [-0.15, -0.1) is 0 Å². The van der Waals surface area contributed by atoms with Gasteiger partial charge in [-0.05, 0) is 25.7 Å². The number of carbonyl (C=O) groups excluding carboxylic acids is 2. The second-order valence-corrected chi connectivity index (χ2v) is 22.5. The Kier molecular flexibility index (Phi) is 59.4. The zero-order valence-electron chi connectivity index (χ0n) is 47.8. The van der Waals surface area contributed by atoms with Gasteiger partial charge >= 0.3 is 5.97 Å². The Hall–Kier alpha value is -1.14. The molecular formula is C64H127NO5. The second kappa shape index (κ2) is 60.4. The maximum Gasteiger partial charge on any atom is 0.305 e. The number of aliphatic hydroxyl groups is 2. The average molecular weight is 991 g/mol. The van der Waals surface area contributed by atoms with Crippen molar-refractivity contribution in [2.75, 3.05) is 13.2 Å². The summed E-state index contributed by atoms with van der Waals surface area (Å²) in [5.74, 6) is -0.0217. The lowest BCUT2D eigenvalue weighted by Gasteiger charge is -2.22. The van der Waals surface area contributed by atoms with Gasteiger partial charge in [-0.1, -0.05) is 335 Å². The highest BCUT2D eigenvalue weighted by Crippen LogP contribution is 2.19. The minimum Gasteiger partial charge on any atom is -0.466 e. The molecule has 0 aromatic carbocycles. The third-order valence-electron chi connectivity index (χ3n) is 15.4. The van der Waals surface area contributed by atoms with Crippen LogP contribution in [0.5, 0.6) is 0 Å². The average Bonchev–Trinajstić information content (AvgIpc) is 3.36. The number of rotatable bonds is 61. The number of carbonyl (C=O) groups is 2. The molecule has 0 spiro atoms. The Balaban J connectivity index is 3.36. The first kappa shape index (κ1) is 68.9. The number of amides is 1. The molecule has 0 aliphatic rings. The quantitative estimate of drug-likeness (QED) is 0.0417. The Morgan fingerprint density at radius 3 is 0.871 bits per heavy atom. The van der Waals surface area contributed by atoms with Crippen LogP contribution in [0.15, 0.2) is 0 Å². The van der Waals surface area contributed by atoms with Crippen molar-refractivity contribution in [2.45, 2.75) is 386 Å². The van der Waals surface area contributed by atoms with Gasteiger partial charge in [0.1, 0.15) is 0 Å². The van der Waals surface area contributed by atoms with E-state index in [1.54, 1.807) is 0 Å². The molecule has 6 heteroatoms. The largest absolute Gasteiger partial charge is 0.466 e. The van der Waals surface area contributed by atoms with Crippen LogP contribution in [0, 0.1) is 0 Å². The molecule has 0 radical (unpaired) electrons. The molecule has 0 aromatic heterocycles. The summed E-state index contributed by atoms with van der Waals surface area (Å²) in [6.45, 7) is 4.99. The van der Waals surface area contributed by atoms with Gasteiger partial charge in [-0.25, -0.2) is 0 Å². The number of esters is 1. The number of hydrogen-bond donors (Lipinski definition) is 3. The van der Waals surface area contributed by atoms with E-state index in [0.717, 1.165) is 38.5 Å². The minimum atomic E-state index is -0.666. The van der Waals surface area contributed by atoms with E-state index in [0.29, 0.717) is 25.9 Å². The van der Waals surface area contributed by atoms with Crippen LogP contribution in [0.3, 0.4) is 0 Å². The lowest BCUT2D eigenvalue weighted by atomic mass is 10.0. The van der Waals surface area contributed by atoms with E-state index in [4.69, 9.17) is 4.74 Å². The van der Waals surface area contributed by atoms with Crippen LogP contribution < -0.4 is 5.32 Å². The maximum atomic E-state index is 12.5. The summed E-state index contributed by atoms with van der Waals surface area (Å²) in [5.41, 5.74) is 0. The number of hydrogen-bond acceptors (Lipinski definition) is 5. The van der Waals surface area contributed by atoms with E-state index in [1.807, 2.05) is 0 Å². The molecule has 2 unspecified atom stereocenters. The van der Waals surface area contributed by atoms with Gasteiger partial charge in [0.05, 0.1) is 25.4 Å². The first-order valence-corrected chi connectivity index (χ1v) is 32.3. The molecule has 6 nitrogen and oxygen atoms in total. The fraction of sp³-hybridized carbons (Fsp3) is 0.969. The molecule has 1 amide bonds. The van der Waals surface area contributed by atoms with Crippen molar-refractivity contribution < 1.29 is 24.5 Å². The molecule has 0 aliphatic heterocycles. The van der Waals surface area contributed by atoms with Crippen LogP contribution in [0.4, 0.5) is 0 Å². The summed E-state index contributed by atoms with van der Waals surface area (Å²) in [6, 6.07) is -0.543. The molecule has 70 heavy (non-hydrogen) atoms. The Morgan fingerprint density at radius 2 is 0.586 bits per heavy atom. The van der Waals surface area contributed by atoms with Gasteiger partial charge < -0.3 is 20.3 Å². The first-order chi connectivity index (χ1) is 34.5. The number of ether oxygens (including phenoxy) is 1. The highest BCUT2D eigenvalue weighted by atomic mass is 16.5. The van der Waals surface area contributed by atoms with E-state index in [-0.39, 0.29) is 18.5 Å². The van der Waals surface area contributed by atoms with E-state index >= 15 is 0 Å². The van der Waals surface area contributed by atoms with Crippen molar-refractivity contribution in [1.29, 1.82) is 0 Å². The third-order valence-corrected chi connectivity index (χ3v) is 15.4. The summed E-state index contributed by atoms with van der Waals surface area (Å²) in [7, 11) is 0. The fourth-order valence-corrected chi connectivity index (χ4v) is 10.5. The van der Waals surface area contributed by atoms with Gasteiger partial charge in [-0.2, -0.15) is 0 Å². The van der Waals surface area contributed by atoms with Crippen LogP contribution in [0.25, 0.3) is 0 Å². The van der Waals surface area contributed by atoms with Crippen molar-refractivity contribution >= 4 is 11.9 Å². The molecule has 0 heterocycles. The predicted molar refractivity (Wildman–Crippen MR) is 306 cm³/mol. The van der Waals surface area contributed by atoms with Crippen LogP contribution >= 0.6 is 0 Å². The predicted octanol–water partition coefficient (Wildman–Crippen LogP) is 20.3. The van der Waals surface area contributed by atoms with E-state index in [2.05, 4.69) is 19.2 Å². The highest BCUT2D eigenvalue weighted by molar-refractivity contribution is 5.76. The molecule has 0 saturated carbocycles. The smallest absolute Gasteiger partial charge is 0.305 e. The fourth-order valence-electron chi connectivity index (χ4n) is 10.5. The summed E-state index contributed by atoms with van der Waals surface area (Å²) >= 11 is 0. The molecule has 0 aromatic rings. The van der Waals surface area contributed by atoms with Crippen LogP contribution in [0.1, 0.15) is 373 Å².